The van der Waals surface area contributed by atoms with Crippen molar-refractivity contribution in [2.75, 3.05) is 12.4 Å². The molecule has 0 aromatic heterocycles. The fourth-order valence-corrected chi connectivity index (χ4v) is 3.34. The first-order valence-electron chi connectivity index (χ1n) is 3.92. The van der Waals surface area contributed by atoms with Crippen molar-refractivity contribution in [1.82, 2.24) is 0 Å². The zero-order chi connectivity index (χ0) is 9.90. The Bertz CT molecular complexity index is 301. The summed E-state index contributed by atoms with van der Waals surface area (Å²) in [6.45, 7) is 4.90. The summed E-state index contributed by atoms with van der Waals surface area (Å²) >= 11 is 3.30. The molecular formula is C10H12NS2+. The number of quaternary nitrogens is 1. The molecule has 1 atom stereocenters. The average molecular weight is 210 g/mol. The standard InChI is InChI=1S/C10H12NS2/c1-5-7-11(13-6-2)8-12-10(4)9(11)3/h1-2H,7-8H2,3-4H3/q+1. The number of terminal acetylenes is 2. The molecular weight excluding hydrogens is 198 g/mol. The van der Waals surface area contributed by atoms with Crippen molar-refractivity contribution in [2.45, 2.75) is 13.8 Å². The number of rotatable bonds is 2. The van der Waals surface area contributed by atoms with Crippen molar-refractivity contribution in [3.05, 3.63) is 10.6 Å². The Hall–Kier alpha value is -0.480. The first kappa shape index (κ1) is 10.6. The third kappa shape index (κ3) is 1.89. The van der Waals surface area contributed by atoms with Crippen LogP contribution in [0.5, 0.6) is 0 Å². The van der Waals surface area contributed by atoms with Gasteiger partial charge in [0.1, 0.15) is 11.6 Å². The first-order chi connectivity index (χ1) is 6.16. The summed E-state index contributed by atoms with van der Waals surface area (Å²) in [6.07, 6.45) is 10.7. The molecule has 13 heavy (non-hydrogen) atoms. The summed E-state index contributed by atoms with van der Waals surface area (Å²) in [4.78, 5) is 1.35. The third-order valence-corrected chi connectivity index (χ3v) is 4.63. The maximum Gasteiger partial charge on any atom is 0.172 e. The molecule has 0 bridgehead atoms. The second-order valence-electron chi connectivity index (χ2n) is 2.88. The monoisotopic (exact) mass is 210 g/mol. The topological polar surface area (TPSA) is 0 Å². The molecule has 0 spiro atoms. The van der Waals surface area contributed by atoms with Crippen molar-refractivity contribution in [2.24, 2.45) is 0 Å². The van der Waals surface area contributed by atoms with Crippen LogP contribution in [-0.4, -0.2) is 16.3 Å². The van der Waals surface area contributed by atoms with Crippen LogP contribution in [0, 0.1) is 24.0 Å². The molecule has 1 nitrogen and oxygen atoms in total. The summed E-state index contributed by atoms with van der Waals surface area (Å²) in [5.41, 5.74) is 1.30. The minimum absolute atomic E-state index is 0.672. The third-order valence-electron chi connectivity index (χ3n) is 2.18. The van der Waals surface area contributed by atoms with Gasteiger partial charge in [0.05, 0.1) is 0 Å². The number of nitrogens with zero attached hydrogens (tertiary/aromatic N) is 1. The van der Waals surface area contributed by atoms with E-state index >= 15 is 0 Å². The Kier molecular flexibility index (Phi) is 3.39. The minimum atomic E-state index is 0.672. The van der Waals surface area contributed by atoms with Crippen molar-refractivity contribution in [3.63, 3.8) is 0 Å². The molecule has 0 radical (unpaired) electrons. The molecule has 1 heterocycles. The lowest BCUT2D eigenvalue weighted by molar-refractivity contribution is -0.727. The predicted molar refractivity (Wildman–Crippen MR) is 61.2 cm³/mol. The van der Waals surface area contributed by atoms with Gasteiger partial charge in [-0.3, -0.25) is 0 Å². The highest BCUT2D eigenvalue weighted by atomic mass is 32.2. The molecule has 0 aliphatic carbocycles. The Morgan fingerprint density at radius 3 is 2.62 bits per heavy atom. The van der Waals surface area contributed by atoms with E-state index in [0.29, 0.717) is 10.4 Å². The molecule has 0 aromatic rings. The van der Waals surface area contributed by atoms with Crippen molar-refractivity contribution in [3.8, 4) is 24.0 Å². The van der Waals surface area contributed by atoms with Crippen LogP contribution in [0.3, 0.4) is 0 Å². The van der Waals surface area contributed by atoms with Crippen LogP contribution >= 0.6 is 23.7 Å². The van der Waals surface area contributed by atoms with Crippen LogP contribution < -0.4 is 0 Å². The fourth-order valence-electron chi connectivity index (χ4n) is 1.23. The molecule has 1 rings (SSSR count). The van der Waals surface area contributed by atoms with Gasteiger partial charge in [-0.05, 0) is 12.8 Å². The quantitative estimate of drug-likeness (QED) is 0.390. The normalized spacial score (nSPS) is 27.1. The molecule has 1 aliphatic rings. The van der Waals surface area contributed by atoms with E-state index in [4.69, 9.17) is 12.8 Å². The number of thioether (sulfide) groups is 1. The van der Waals surface area contributed by atoms with Gasteiger partial charge in [0.25, 0.3) is 0 Å². The lowest BCUT2D eigenvalue weighted by atomic mass is 10.4. The van der Waals surface area contributed by atoms with E-state index in [1.165, 1.54) is 22.6 Å². The fraction of sp³-hybridized carbons (Fsp3) is 0.400. The van der Waals surface area contributed by atoms with E-state index in [1.807, 2.05) is 11.8 Å². The molecule has 1 aliphatic heterocycles. The number of hydrogen-bond acceptors (Lipinski definition) is 2. The summed E-state index contributed by atoms with van der Waals surface area (Å²) in [6, 6.07) is 0. The van der Waals surface area contributed by atoms with Crippen molar-refractivity contribution >= 4 is 23.7 Å². The van der Waals surface area contributed by atoms with Crippen molar-refractivity contribution < 1.29 is 3.89 Å². The molecule has 0 N–H and O–H groups in total. The summed E-state index contributed by atoms with van der Waals surface area (Å²) in [5, 5.41) is 2.63. The van der Waals surface area contributed by atoms with Gasteiger partial charge in [-0.25, -0.2) is 3.89 Å². The summed E-state index contributed by atoms with van der Waals surface area (Å²) in [5.74, 6) is 3.65. The summed E-state index contributed by atoms with van der Waals surface area (Å²) < 4.78 is 0.698. The van der Waals surface area contributed by atoms with E-state index in [1.54, 1.807) is 0 Å². The maximum atomic E-state index is 5.35. The highest BCUT2D eigenvalue weighted by molar-refractivity contribution is 8.04. The highest BCUT2D eigenvalue weighted by Gasteiger charge is 2.38. The molecule has 1 unspecified atom stereocenters. The molecule has 68 valence electrons. The Morgan fingerprint density at radius 2 is 2.23 bits per heavy atom. The zero-order valence-electron chi connectivity index (χ0n) is 7.83. The molecule has 0 amide bonds. The second kappa shape index (κ2) is 4.15. The van der Waals surface area contributed by atoms with Crippen LogP contribution in [0.4, 0.5) is 0 Å². The first-order valence-corrected chi connectivity index (χ1v) is 5.68. The molecule has 0 aromatic carbocycles. The van der Waals surface area contributed by atoms with E-state index in [0.717, 1.165) is 5.88 Å². The molecule has 0 fully saturated rings. The van der Waals surface area contributed by atoms with Crippen LogP contribution in [0.25, 0.3) is 0 Å². The van der Waals surface area contributed by atoms with Crippen LogP contribution in [0.2, 0.25) is 0 Å². The minimum Gasteiger partial charge on any atom is -0.202 e. The van der Waals surface area contributed by atoms with Crippen LogP contribution in [0.1, 0.15) is 13.8 Å². The van der Waals surface area contributed by atoms with Crippen LogP contribution in [-0.2, 0) is 0 Å². The average Bonchev–Trinajstić information content (AvgIpc) is 2.36. The van der Waals surface area contributed by atoms with Gasteiger partial charge in [-0.2, -0.15) is 0 Å². The van der Waals surface area contributed by atoms with Gasteiger partial charge in [-0.15, -0.1) is 12.8 Å². The maximum absolute atomic E-state index is 5.35. The van der Waals surface area contributed by atoms with E-state index in [-0.39, 0.29) is 0 Å². The number of allylic oxidation sites excluding steroid dienone is 2. The van der Waals surface area contributed by atoms with Gasteiger partial charge in [-0.1, -0.05) is 11.8 Å². The van der Waals surface area contributed by atoms with Gasteiger partial charge >= 0.3 is 0 Å². The smallest absolute Gasteiger partial charge is 0.172 e. The lowest BCUT2D eigenvalue weighted by Crippen LogP contribution is -2.36. The largest absolute Gasteiger partial charge is 0.202 e. The van der Waals surface area contributed by atoms with Gasteiger partial charge in [0.2, 0.25) is 0 Å². The van der Waals surface area contributed by atoms with E-state index < -0.39 is 0 Å². The Balaban J connectivity index is 2.96. The summed E-state index contributed by atoms with van der Waals surface area (Å²) in [7, 11) is 0. The molecule has 0 saturated carbocycles. The lowest BCUT2D eigenvalue weighted by Gasteiger charge is -2.26. The van der Waals surface area contributed by atoms with Crippen LogP contribution in [0.15, 0.2) is 10.6 Å². The zero-order valence-corrected chi connectivity index (χ0v) is 9.47. The highest BCUT2D eigenvalue weighted by Crippen LogP contribution is 2.43. The Morgan fingerprint density at radius 1 is 1.54 bits per heavy atom. The van der Waals surface area contributed by atoms with E-state index in [2.05, 4.69) is 25.0 Å². The number of hydrogen-bond donors (Lipinski definition) is 0. The SMILES string of the molecule is C#CC[N+]1(SC#C)CSC(C)=C1C. The Labute approximate surface area is 88.7 Å². The molecule has 3 heteroatoms. The van der Waals surface area contributed by atoms with Gasteiger partial charge in [0, 0.05) is 17.1 Å². The van der Waals surface area contributed by atoms with Gasteiger partial charge < -0.3 is 0 Å². The molecule has 0 saturated heterocycles. The predicted octanol–water partition coefficient (Wildman–Crippen LogP) is 2.63. The second-order valence-corrected chi connectivity index (χ2v) is 5.15. The van der Waals surface area contributed by atoms with E-state index in [9.17, 15) is 0 Å². The van der Waals surface area contributed by atoms with Gasteiger partial charge in [0.15, 0.2) is 18.5 Å². The van der Waals surface area contributed by atoms with Crippen molar-refractivity contribution in [1.29, 1.82) is 0 Å².